The maximum absolute atomic E-state index is 9.77. The molecule has 80 valence electrons. The van der Waals surface area contributed by atoms with E-state index in [0.717, 1.165) is 0 Å². The van der Waals surface area contributed by atoms with Crippen molar-refractivity contribution in [3.8, 4) is 0 Å². The Morgan fingerprint density at radius 1 is 1.71 bits per heavy atom. The maximum Gasteiger partial charge on any atom is 0.0921 e. The monoisotopic (exact) mass is 201 g/mol. The molecule has 1 saturated heterocycles. The van der Waals surface area contributed by atoms with Crippen LogP contribution >= 0.6 is 0 Å². The third-order valence-corrected chi connectivity index (χ3v) is 2.40. The Morgan fingerprint density at radius 2 is 2.43 bits per heavy atom. The molecule has 0 aromatic heterocycles. The summed E-state index contributed by atoms with van der Waals surface area (Å²) < 4.78 is 10.3. The number of hydrogen-bond acceptors (Lipinski definition) is 4. The Bertz CT molecular complexity index is 230. The van der Waals surface area contributed by atoms with Crippen LogP contribution in [0.15, 0.2) is 5.11 Å². The minimum absolute atomic E-state index is 0.0152. The van der Waals surface area contributed by atoms with Crippen LogP contribution in [0.3, 0.4) is 0 Å². The van der Waals surface area contributed by atoms with Crippen LogP contribution in [0, 0.1) is 5.92 Å². The molecule has 0 aliphatic carbocycles. The molecular weight excluding hydrogens is 186 g/mol. The predicted molar refractivity (Wildman–Crippen MR) is 49.7 cm³/mol. The number of ether oxygens (including phenoxy) is 2. The van der Waals surface area contributed by atoms with Gasteiger partial charge in [-0.1, -0.05) is 12.0 Å². The first kappa shape index (κ1) is 11.3. The highest BCUT2D eigenvalue weighted by molar-refractivity contribution is 4.90. The van der Waals surface area contributed by atoms with E-state index in [4.69, 9.17) is 15.0 Å². The van der Waals surface area contributed by atoms with Crippen molar-refractivity contribution >= 4 is 0 Å². The molecule has 1 N–H and O–H groups in total. The molecule has 0 saturated carbocycles. The molecule has 6 nitrogen and oxygen atoms in total. The van der Waals surface area contributed by atoms with Crippen molar-refractivity contribution in [3.05, 3.63) is 10.4 Å². The molecular formula is C8H15N3O3. The van der Waals surface area contributed by atoms with Crippen LogP contribution < -0.4 is 0 Å². The Balaban J connectivity index is 2.70. The van der Waals surface area contributed by atoms with Crippen molar-refractivity contribution < 1.29 is 14.6 Å². The number of methoxy groups -OCH3 is 1. The van der Waals surface area contributed by atoms with Gasteiger partial charge in [-0.05, 0) is 5.53 Å². The molecule has 14 heavy (non-hydrogen) atoms. The Kier molecular flexibility index (Phi) is 4.16. The summed E-state index contributed by atoms with van der Waals surface area (Å²) in [5.41, 5.74) is 8.36. The lowest BCUT2D eigenvalue weighted by molar-refractivity contribution is -0.112. The molecule has 0 bridgehead atoms. The molecule has 0 aromatic carbocycles. The van der Waals surface area contributed by atoms with Crippen molar-refractivity contribution in [1.29, 1.82) is 0 Å². The average molecular weight is 201 g/mol. The van der Waals surface area contributed by atoms with E-state index in [9.17, 15) is 5.11 Å². The van der Waals surface area contributed by atoms with Gasteiger partial charge in [0.15, 0.2) is 0 Å². The summed E-state index contributed by atoms with van der Waals surface area (Å²) in [5, 5.41) is 13.3. The van der Waals surface area contributed by atoms with Gasteiger partial charge in [-0.2, -0.15) is 0 Å². The van der Waals surface area contributed by atoms with E-state index in [2.05, 4.69) is 10.0 Å². The first-order chi connectivity index (χ1) is 6.70. The molecule has 1 fully saturated rings. The lowest BCUT2D eigenvalue weighted by Gasteiger charge is -2.36. The van der Waals surface area contributed by atoms with Crippen molar-refractivity contribution in [2.45, 2.75) is 25.2 Å². The zero-order valence-corrected chi connectivity index (χ0v) is 8.33. The highest BCUT2D eigenvalue weighted by atomic mass is 16.5. The number of rotatable bonds is 3. The van der Waals surface area contributed by atoms with Gasteiger partial charge in [0.25, 0.3) is 0 Å². The van der Waals surface area contributed by atoms with Gasteiger partial charge < -0.3 is 14.6 Å². The van der Waals surface area contributed by atoms with Crippen molar-refractivity contribution in [1.82, 2.24) is 0 Å². The number of hydrogen-bond donors (Lipinski definition) is 1. The first-order valence-electron chi connectivity index (χ1n) is 4.53. The smallest absolute Gasteiger partial charge is 0.0921 e. The summed E-state index contributed by atoms with van der Waals surface area (Å²) in [6.45, 7) is 2.65. The third kappa shape index (κ3) is 2.36. The van der Waals surface area contributed by atoms with E-state index in [0.29, 0.717) is 13.2 Å². The van der Waals surface area contributed by atoms with Crippen LogP contribution in [0.5, 0.6) is 0 Å². The average Bonchev–Trinajstić information content (AvgIpc) is 2.18. The zero-order chi connectivity index (χ0) is 10.6. The van der Waals surface area contributed by atoms with Gasteiger partial charge in [0.1, 0.15) is 0 Å². The molecule has 0 spiro atoms. The van der Waals surface area contributed by atoms with Gasteiger partial charge in [0, 0.05) is 17.9 Å². The number of aliphatic hydroxyl groups excluding tert-OH is 1. The third-order valence-electron chi connectivity index (χ3n) is 2.40. The molecule has 0 aromatic rings. The van der Waals surface area contributed by atoms with Crippen LogP contribution in [0.1, 0.15) is 6.92 Å². The Labute approximate surface area is 82.4 Å². The molecule has 1 aliphatic rings. The second-order valence-corrected chi connectivity index (χ2v) is 3.49. The summed E-state index contributed by atoms with van der Waals surface area (Å²) in [5.74, 6) is -0.0152. The van der Waals surface area contributed by atoms with Gasteiger partial charge in [0.05, 0.1) is 31.5 Å². The van der Waals surface area contributed by atoms with Crippen LogP contribution in [-0.2, 0) is 9.47 Å². The summed E-state index contributed by atoms with van der Waals surface area (Å²) in [6.07, 6.45) is -0.998. The quantitative estimate of drug-likeness (QED) is 0.414. The zero-order valence-electron chi connectivity index (χ0n) is 8.33. The van der Waals surface area contributed by atoms with Gasteiger partial charge >= 0.3 is 0 Å². The summed E-state index contributed by atoms with van der Waals surface area (Å²) in [7, 11) is 1.54. The van der Waals surface area contributed by atoms with E-state index in [-0.39, 0.29) is 12.0 Å². The standard InChI is InChI=1S/C8H15N3O3/c1-5-3-14-6(4-13-2)7(8(5)12)10-11-9/h5-8,12H,3-4H2,1-2H3. The van der Waals surface area contributed by atoms with Gasteiger partial charge in [-0.25, -0.2) is 0 Å². The van der Waals surface area contributed by atoms with Gasteiger partial charge in [-0.3, -0.25) is 0 Å². The SMILES string of the molecule is COCC1OCC(C)C(O)C1N=[N+]=[N-]. The Morgan fingerprint density at radius 3 is 3.00 bits per heavy atom. The summed E-state index contributed by atoms with van der Waals surface area (Å²) in [6, 6.07) is -0.552. The number of azide groups is 1. The molecule has 4 atom stereocenters. The fourth-order valence-corrected chi connectivity index (χ4v) is 1.54. The Hall–Kier alpha value is -0.810. The van der Waals surface area contributed by atoms with Crippen LogP contribution in [0.2, 0.25) is 0 Å². The second-order valence-electron chi connectivity index (χ2n) is 3.49. The normalized spacial score (nSPS) is 37.6. The van der Waals surface area contributed by atoms with Gasteiger partial charge in [0.2, 0.25) is 0 Å². The fourth-order valence-electron chi connectivity index (χ4n) is 1.54. The highest BCUT2D eigenvalue weighted by Gasteiger charge is 2.36. The van der Waals surface area contributed by atoms with Gasteiger partial charge in [-0.15, -0.1) is 0 Å². The molecule has 1 rings (SSSR count). The molecule has 1 aliphatic heterocycles. The van der Waals surface area contributed by atoms with E-state index in [1.165, 1.54) is 0 Å². The van der Waals surface area contributed by atoms with E-state index >= 15 is 0 Å². The van der Waals surface area contributed by atoms with Crippen LogP contribution in [0.25, 0.3) is 10.4 Å². The van der Waals surface area contributed by atoms with E-state index < -0.39 is 12.1 Å². The van der Waals surface area contributed by atoms with E-state index in [1.54, 1.807) is 7.11 Å². The highest BCUT2D eigenvalue weighted by Crippen LogP contribution is 2.22. The molecule has 4 unspecified atom stereocenters. The van der Waals surface area contributed by atoms with Crippen molar-refractivity contribution in [3.63, 3.8) is 0 Å². The lowest BCUT2D eigenvalue weighted by atomic mass is 9.92. The largest absolute Gasteiger partial charge is 0.392 e. The predicted octanol–water partition coefficient (Wildman–Crippen LogP) is 0.708. The van der Waals surface area contributed by atoms with Crippen molar-refractivity contribution in [2.24, 2.45) is 11.0 Å². The molecule has 0 radical (unpaired) electrons. The summed E-state index contributed by atoms with van der Waals surface area (Å²) >= 11 is 0. The van der Waals surface area contributed by atoms with Crippen molar-refractivity contribution in [2.75, 3.05) is 20.3 Å². The molecule has 0 amide bonds. The topological polar surface area (TPSA) is 87.5 Å². The number of nitrogens with zero attached hydrogens (tertiary/aromatic N) is 3. The lowest BCUT2D eigenvalue weighted by Crippen LogP contribution is -2.49. The molecule has 6 heteroatoms. The second kappa shape index (κ2) is 5.17. The van der Waals surface area contributed by atoms with E-state index in [1.807, 2.05) is 6.92 Å². The van der Waals surface area contributed by atoms with Crippen LogP contribution in [-0.4, -0.2) is 43.7 Å². The van der Waals surface area contributed by atoms with Crippen LogP contribution in [0.4, 0.5) is 0 Å². The maximum atomic E-state index is 9.77. The first-order valence-corrected chi connectivity index (χ1v) is 4.53. The minimum atomic E-state index is -0.653. The fraction of sp³-hybridized carbons (Fsp3) is 1.00. The minimum Gasteiger partial charge on any atom is -0.392 e. The molecule has 1 heterocycles. The number of aliphatic hydroxyl groups is 1. The summed E-state index contributed by atoms with van der Waals surface area (Å²) in [4.78, 5) is 2.71.